The molecule has 3 aromatic rings. The first-order valence-corrected chi connectivity index (χ1v) is 8.55. The Bertz CT molecular complexity index is 978. The largest absolute Gasteiger partial charge is 0.496 e. The highest BCUT2D eigenvalue weighted by Crippen LogP contribution is 2.39. The second-order valence-corrected chi connectivity index (χ2v) is 6.84. The first kappa shape index (κ1) is 15.9. The van der Waals surface area contributed by atoms with Crippen LogP contribution in [0.15, 0.2) is 42.5 Å². The van der Waals surface area contributed by atoms with E-state index in [4.69, 9.17) is 4.74 Å². The lowest BCUT2D eigenvalue weighted by molar-refractivity contribution is 0.0727. The minimum absolute atomic E-state index is 0.109. The standard InChI is InChI=1S/C21H22N2O2/c1-22(2)10-11-23-13-18-15-7-5-4-6-14(15)12-17-19(25-3)9-8-16(20(17)18)21(23)24/h4-9,12H,10-11,13H2,1-3H3. The number of fused-ring (bicyclic) bond motifs is 2. The van der Waals surface area contributed by atoms with E-state index in [1.165, 1.54) is 16.3 Å². The molecule has 0 spiro atoms. The van der Waals surface area contributed by atoms with Crippen LogP contribution in [0.3, 0.4) is 0 Å². The van der Waals surface area contributed by atoms with Crippen LogP contribution in [0.4, 0.5) is 0 Å². The lowest BCUT2D eigenvalue weighted by atomic mass is 9.89. The number of hydrogen-bond acceptors (Lipinski definition) is 3. The zero-order valence-corrected chi connectivity index (χ0v) is 14.9. The van der Waals surface area contributed by atoms with Crippen LogP contribution in [-0.2, 0) is 6.54 Å². The summed E-state index contributed by atoms with van der Waals surface area (Å²) in [5, 5.41) is 4.47. The van der Waals surface area contributed by atoms with Crippen molar-refractivity contribution >= 4 is 27.5 Å². The van der Waals surface area contributed by atoms with Crippen LogP contribution in [0.25, 0.3) is 21.5 Å². The molecule has 1 amide bonds. The Hall–Kier alpha value is -2.59. The van der Waals surface area contributed by atoms with E-state index in [9.17, 15) is 4.79 Å². The van der Waals surface area contributed by atoms with Crippen LogP contribution in [0.5, 0.6) is 5.75 Å². The quantitative estimate of drug-likeness (QED) is 0.685. The molecule has 0 N–H and O–H groups in total. The molecular weight excluding hydrogens is 312 g/mol. The van der Waals surface area contributed by atoms with Gasteiger partial charge in [-0.15, -0.1) is 0 Å². The Morgan fingerprint density at radius 1 is 1.12 bits per heavy atom. The minimum atomic E-state index is 0.109. The van der Waals surface area contributed by atoms with Crippen molar-refractivity contribution < 1.29 is 9.53 Å². The van der Waals surface area contributed by atoms with E-state index in [-0.39, 0.29) is 5.91 Å². The molecule has 1 aliphatic rings. The molecular formula is C21H22N2O2. The molecule has 0 radical (unpaired) electrons. The van der Waals surface area contributed by atoms with Crippen molar-refractivity contribution in [2.45, 2.75) is 6.54 Å². The van der Waals surface area contributed by atoms with Crippen LogP contribution in [0.1, 0.15) is 15.9 Å². The van der Waals surface area contributed by atoms with Crippen LogP contribution in [0.2, 0.25) is 0 Å². The molecule has 0 fully saturated rings. The van der Waals surface area contributed by atoms with Gasteiger partial charge in [-0.25, -0.2) is 0 Å². The summed E-state index contributed by atoms with van der Waals surface area (Å²) in [4.78, 5) is 17.1. The number of nitrogens with zero attached hydrogens (tertiary/aromatic N) is 2. The van der Waals surface area contributed by atoms with Gasteiger partial charge in [0, 0.05) is 36.0 Å². The summed E-state index contributed by atoms with van der Waals surface area (Å²) >= 11 is 0. The zero-order chi connectivity index (χ0) is 17.6. The van der Waals surface area contributed by atoms with Gasteiger partial charge < -0.3 is 14.5 Å². The molecule has 3 aromatic carbocycles. The van der Waals surface area contributed by atoms with Gasteiger partial charge in [0.1, 0.15) is 5.75 Å². The highest BCUT2D eigenvalue weighted by molar-refractivity contribution is 6.16. The molecule has 4 heteroatoms. The minimum Gasteiger partial charge on any atom is -0.496 e. The first-order valence-electron chi connectivity index (χ1n) is 8.55. The molecule has 1 heterocycles. The lowest BCUT2D eigenvalue weighted by Crippen LogP contribution is -2.38. The van der Waals surface area contributed by atoms with Crippen LogP contribution >= 0.6 is 0 Å². The van der Waals surface area contributed by atoms with Gasteiger partial charge >= 0.3 is 0 Å². The first-order chi connectivity index (χ1) is 12.1. The van der Waals surface area contributed by atoms with Crippen molar-refractivity contribution in [2.75, 3.05) is 34.3 Å². The van der Waals surface area contributed by atoms with E-state index in [2.05, 4.69) is 35.2 Å². The molecule has 0 aromatic heterocycles. The maximum absolute atomic E-state index is 13.0. The van der Waals surface area contributed by atoms with E-state index in [0.717, 1.165) is 35.2 Å². The summed E-state index contributed by atoms with van der Waals surface area (Å²) in [5.74, 6) is 0.928. The summed E-state index contributed by atoms with van der Waals surface area (Å²) in [5.41, 5.74) is 2.00. The third-order valence-electron chi connectivity index (χ3n) is 5.00. The van der Waals surface area contributed by atoms with E-state index in [1.807, 2.05) is 31.1 Å². The molecule has 0 atom stereocenters. The number of methoxy groups -OCH3 is 1. The molecule has 0 aliphatic carbocycles. The van der Waals surface area contributed by atoms with Gasteiger partial charge in [-0.05, 0) is 48.6 Å². The van der Waals surface area contributed by atoms with Crippen molar-refractivity contribution in [2.24, 2.45) is 0 Å². The molecule has 128 valence electrons. The Kier molecular flexibility index (Phi) is 3.85. The van der Waals surface area contributed by atoms with Crippen LogP contribution < -0.4 is 4.74 Å². The second-order valence-electron chi connectivity index (χ2n) is 6.84. The number of rotatable bonds is 4. The number of ether oxygens (including phenoxy) is 1. The van der Waals surface area contributed by atoms with Gasteiger partial charge in [0.25, 0.3) is 5.91 Å². The average molecular weight is 334 g/mol. The number of hydrogen-bond donors (Lipinski definition) is 0. The predicted octanol–water partition coefficient (Wildman–Crippen LogP) is 3.52. The van der Waals surface area contributed by atoms with Crippen molar-refractivity contribution in [3.63, 3.8) is 0 Å². The van der Waals surface area contributed by atoms with E-state index >= 15 is 0 Å². The average Bonchev–Trinajstić information content (AvgIpc) is 2.62. The maximum atomic E-state index is 13.0. The highest BCUT2D eigenvalue weighted by Gasteiger charge is 2.28. The molecule has 0 saturated heterocycles. The van der Waals surface area contributed by atoms with Gasteiger partial charge in [0.15, 0.2) is 0 Å². The number of benzene rings is 3. The molecule has 25 heavy (non-hydrogen) atoms. The summed E-state index contributed by atoms with van der Waals surface area (Å²) < 4.78 is 5.56. The second kappa shape index (κ2) is 6.05. The molecule has 0 bridgehead atoms. The third kappa shape index (κ3) is 2.53. The topological polar surface area (TPSA) is 32.8 Å². The monoisotopic (exact) mass is 334 g/mol. The Morgan fingerprint density at radius 3 is 2.68 bits per heavy atom. The molecule has 0 unspecified atom stereocenters. The zero-order valence-electron chi connectivity index (χ0n) is 14.9. The molecule has 4 rings (SSSR count). The molecule has 4 nitrogen and oxygen atoms in total. The van der Waals surface area contributed by atoms with E-state index < -0.39 is 0 Å². The van der Waals surface area contributed by atoms with Crippen molar-refractivity contribution in [1.29, 1.82) is 0 Å². The van der Waals surface area contributed by atoms with Gasteiger partial charge in [-0.1, -0.05) is 24.3 Å². The van der Waals surface area contributed by atoms with Crippen molar-refractivity contribution in [1.82, 2.24) is 9.80 Å². The van der Waals surface area contributed by atoms with E-state index in [1.54, 1.807) is 7.11 Å². The van der Waals surface area contributed by atoms with Crippen molar-refractivity contribution in [3.05, 3.63) is 53.6 Å². The van der Waals surface area contributed by atoms with Gasteiger partial charge in [-0.2, -0.15) is 0 Å². The normalized spacial score (nSPS) is 13.9. The fourth-order valence-corrected chi connectivity index (χ4v) is 3.71. The molecule has 0 saturated carbocycles. The smallest absolute Gasteiger partial charge is 0.254 e. The summed E-state index contributed by atoms with van der Waals surface area (Å²) in [6.07, 6.45) is 0. The van der Waals surface area contributed by atoms with Crippen molar-refractivity contribution in [3.8, 4) is 5.75 Å². The Morgan fingerprint density at radius 2 is 1.92 bits per heavy atom. The summed E-state index contributed by atoms with van der Waals surface area (Å²) in [6.45, 7) is 2.22. The molecule has 1 aliphatic heterocycles. The van der Waals surface area contributed by atoms with Gasteiger partial charge in [0.2, 0.25) is 0 Å². The Labute approximate surface area is 147 Å². The number of amides is 1. The number of carbonyl (C=O) groups is 1. The summed E-state index contributed by atoms with van der Waals surface area (Å²) in [7, 11) is 5.74. The van der Waals surface area contributed by atoms with Crippen LogP contribution in [-0.4, -0.2) is 50.0 Å². The fourth-order valence-electron chi connectivity index (χ4n) is 3.71. The third-order valence-corrected chi connectivity index (χ3v) is 5.00. The summed E-state index contributed by atoms with van der Waals surface area (Å²) in [6, 6.07) is 14.3. The highest BCUT2D eigenvalue weighted by atomic mass is 16.5. The predicted molar refractivity (Wildman–Crippen MR) is 101 cm³/mol. The Balaban J connectivity index is 1.98. The fraction of sp³-hybridized carbons (Fsp3) is 0.286. The van der Waals surface area contributed by atoms with Crippen LogP contribution in [0, 0.1) is 0 Å². The SMILES string of the molecule is COc1ccc2c3c(c4ccccc4cc13)CN(CCN(C)C)C2=O. The maximum Gasteiger partial charge on any atom is 0.254 e. The van der Waals surface area contributed by atoms with Gasteiger partial charge in [0.05, 0.1) is 7.11 Å². The number of carbonyl (C=O) groups excluding carboxylic acids is 1. The van der Waals surface area contributed by atoms with E-state index in [0.29, 0.717) is 6.54 Å². The lowest BCUT2D eigenvalue weighted by Gasteiger charge is -2.31. The number of likely N-dealkylation sites (N-methyl/N-ethyl adjacent to an activating group) is 1. The van der Waals surface area contributed by atoms with Gasteiger partial charge in [-0.3, -0.25) is 4.79 Å².